The summed E-state index contributed by atoms with van der Waals surface area (Å²) in [6.07, 6.45) is 6.33. The number of nitrogens with zero attached hydrogens (tertiary/aromatic N) is 4. The molecule has 3 rings (SSSR count). The molecule has 124 valence electrons. The third-order valence-electron chi connectivity index (χ3n) is 4.64. The molecular formula is C18H27N5. The van der Waals surface area contributed by atoms with Crippen molar-refractivity contribution in [2.45, 2.75) is 45.2 Å². The SMILES string of the molecule is CNc1cc(C2CCCN(Cc3ccnn3C(C)C)C2)ccn1. The monoisotopic (exact) mass is 313 g/mol. The van der Waals surface area contributed by atoms with Crippen LogP contribution in [0.4, 0.5) is 5.82 Å². The summed E-state index contributed by atoms with van der Waals surface area (Å²) < 4.78 is 2.13. The van der Waals surface area contributed by atoms with Crippen molar-refractivity contribution in [1.82, 2.24) is 19.7 Å². The Labute approximate surface area is 138 Å². The van der Waals surface area contributed by atoms with Crippen LogP contribution >= 0.6 is 0 Å². The molecule has 0 saturated carbocycles. The van der Waals surface area contributed by atoms with E-state index in [2.05, 4.69) is 57.0 Å². The first-order valence-electron chi connectivity index (χ1n) is 8.56. The van der Waals surface area contributed by atoms with Crippen molar-refractivity contribution < 1.29 is 0 Å². The third-order valence-corrected chi connectivity index (χ3v) is 4.64. The predicted molar refractivity (Wildman–Crippen MR) is 93.6 cm³/mol. The average molecular weight is 313 g/mol. The van der Waals surface area contributed by atoms with Crippen LogP contribution in [0.2, 0.25) is 0 Å². The van der Waals surface area contributed by atoms with Crippen molar-refractivity contribution in [2.24, 2.45) is 0 Å². The maximum absolute atomic E-state index is 4.45. The Morgan fingerprint density at radius 3 is 2.96 bits per heavy atom. The fraction of sp³-hybridized carbons (Fsp3) is 0.556. The summed E-state index contributed by atoms with van der Waals surface area (Å²) in [4.78, 5) is 6.89. The van der Waals surface area contributed by atoms with Gasteiger partial charge in [-0.25, -0.2) is 4.98 Å². The van der Waals surface area contributed by atoms with Crippen molar-refractivity contribution in [3.63, 3.8) is 0 Å². The summed E-state index contributed by atoms with van der Waals surface area (Å²) in [7, 11) is 1.92. The molecule has 0 aromatic carbocycles. The van der Waals surface area contributed by atoms with Crippen molar-refractivity contribution >= 4 is 5.82 Å². The van der Waals surface area contributed by atoms with Crippen LogP contribution in [0.1, 0.15) is 49.9 Å². The average Bonchev–Trinajstić information content (AvgIpc) is 3.03. The number of aromatic nitrogens is 3. The van der Waals surface area contributed by atoms with Gasteiger partial charge in [-0.2, -0.15) is 5.10 Å². The van der Waals surface area contributed by atoms with Crippen LogP contribution in [0, 0.1) is 0 Å². The third kappa shape index (κ3) is 3.72. The van der Waals surface area contributed by atoms with E-state index < -0.39 is 0 Å². The Bertz CT molecular complexity index is 634. The molecule has 1 N–H and O–H groups in total. The molecule has 0 bridgehead atoms. The summed E-state index contributed by atoms with van der Waals surface area (Å²) in [6, 6.07) is 6.91. The Kier molecular flexibility index (Phi) is 4.96. The number of anilines is 1. The first-order chi connectivity index (χ1) is 11.2. The summed E-state index contributed by atoms with van der Waals surface area (Å²) in [5, 5.41) is 7.59. The largest absolute Gasteiger partial charge is 0.373 e. The van der Waals surface area contributed by atoms with Gasteiger partial charge in [-0.3, -0.25) is 9.58 Å². The first-order valence-corrected chi connectivity index (χ1v) is 8.56. The number of nitrogens with one attached hydrogen (secondary N) is 1. The Morgan fingerprint density at radius 1 is 1.30 bits per heavy atom. The standard InChI is InChI=1S/C18H27N5/c1-14(2)23-17(7-9-21-23)13-22-10-4-5-16(12-22)15-6-8-20-18(11-15)19-3/h6-9,11,14,16H,4-5,10,12-13H2,1-3H3,(H,19,20). The van der Waals surface area contributed by atoms with Gasteiger partial charge in [-0.15, -0.1) is 0 Å². The highest BCUT2D eigenvalue weighted by molar-refractivity contribution is 5.38. The van der Waals surface area contributed by atoms with Crippen molar-refractivity contribution in [2.75, 3.05) is 25.5 Å². The number of hydrogen-bond acceptors (Lipinski definition) is 4. The number of piperidine rings is 1. The topological polar surface area (TPSA) is 46.0 Å². The molecule has 3 heterocycles. The summed E-state index contributed by atoms with van der Waals surface area (Å²) in [5.41, 5.74) is 2.71. The maximum atomic E-state index is 4.45. The molecule has 1 saturated heterocycles. The lowest BCUT2D eigenvalue weighted by Crippen LogP contribution is -2.34. The van der Waals surface area contributed by atoms with E-state index in [-0.39, 0.29) is 0 Å². The van der Waals surface area contributed by atoms with E-state index in [0.29, 0.717) is 12.0 Å². The van der Waals surface area contributed by atoms with Crippen LogP contribution in [0.5, 0.6) is 0 Å². The second-order valence-corrected chi connectivity index (χ2v) is 6.66. The number of rotatable bonds is 5. The van der Waals surface area contributed by atoms with Gasteiger partial charge in [-0.1, -0.05) is 0 Å². The smallest absolute Gasteiger partial charge is 0.125 e. The number of likely N-dealkylation sites (tertiary alicyclic amines) is 1. The maximum Gasteiger partial charge on any atom is 0.125 e. The normalized spacial score (nSPS) is 19.2. The van der Waals surface area contributed by atoms with Crippen LogP contribution in [-0.4, -0.2) is 39.8 Å². The molecule has 1 atom stereocenters. The lowest BCUT2D eigenvalue weighted by atomic mass is 9.91. The molecule has 2 aromatic heterocycles. The predicted octanol–water partition coefficient (Wildman–Crippen LogP) is 3.28. The van der Waals surface area contributed by atoms with Gasteiger partial charge in [0.25, 0.3) is 0 Å². The van der Waals surface area contributed by atoms with E-state index in [4.69, 9.17) is 0 Å². The minimum atomic E-state index is 0.416. The van der Waals surface area contributed by atoms with Gasteiger partial charge < -0.3 is 5.32 Å². The van der Waals surface area contributed by atoms with Gasteiger partial charge >= 0.3 is 0 Å². The van der Waals surface area contributed by atoms with Crippen LogP contribution in [0.25, 0.3) is 0 Å². The second-order valence-electron chi connectivity index (χ2n) is 6.66. The molecule has 0 aliphatic carbocycles. The molecule has 5 nitrogen and oxygen atoms in total. The van der Waals surface area contributed by atoms with Crippen molar-refractivity contribution in [3.8, 4) is 0 Å². The fourth-order valence-electron chi connectivity index (χ4n) is 3.47. The zero-order valence-corrected chi connectivity index (χ0v) is 14.4. The first kappa shape index (κ1) is 16.0. The number of pyridine rings is 1. The zero-order chi connectivity index (χ0) is 16.2. The van der Waals surface area contributed by atoms with E-state index in [1.165, 1.54) is 30.6 Å². The fourth-order valence-corrected chi connectivity index (χ4v) is 3.47. The Balaban J connectivity index is 1.69. The highest BCUT2D eigenvalue weighted by Gasteiger charge is 2.22. The molecule has 1 aliphatic rings. The van der Waals surface area contributed by atoms with Gasteiger partial charge in [0.2, 0.25) is 0 Å². The molecular weight excluding hydrogens is 286 g/mol. The lowest BCUT2D eigenvalue weighted by molar-refractivity contribution is 0.194. The van der Waals surface area contributed by atoms with Crippen LogP contribution < -0.4 is 5.32 Å². The van der Waals surface area contributed by atoms with Crippen molar-refractivity contribution in [3.05, 3.63) is 41.9 Å². The van der Waals surface area contributed by atoms with Crippen LogP contribution in [-0.2, 0) is 6.54 Å². The number of hydrogen-bond donors (Lipinski definition) is 1. The Morgan fingerprint density at radius 2 is 2.17 bits per heavy atom. The van der Waals surface area contributed by atoms with E-state index >= 15 is 0 Å². The van der Waals surface area contributed by atoms with Gasteiger partial charge in [-0.05, 0) is 62.9 Å². The highest BCUT2D eigenvalue weighted by atomic mass is 15.3. The molecule has 0 amide bonds. The summed E-state index contributed by atoms with van der Waals surface area (Å²) in [5.74, 6) is 1.55. The lowest BCUT2D eigenvalue weighted by Gasteiger charge is -2.33. The van der Waals surface area contributed by atoms with Crippen LogP contribution in [0.3, 0.4) is 0 Å². The van der Waals surface area contributed by atoms with Gasteiger partial charge in [0.05, 0.1) is 5.69 Å². The molecule has 1 fully saturated rings. The van der Waals surface area contributed by atoms with Crippen molar-refractivity contribution in [1.29, 1.82) is 0 Å². The van der Waals surface area contributed by atoms with Gasteiger partial charge in [0, 0.05) is 38.6 Å². The molecule has 1 aliphatic heterocycles. The highest BCUT2D eigenvalue weighted by Crippen LogP contribution is 2.28. The molecule has 23 heavy (non-hydrogen) atoms. The minimum Gasteiger partial charge on any atom is -0.373 e. The molecule has 0 spiro atoms. The summed E-state index contributed by atoms with van der Waals surface area (Å²) in [6.45, 7) is 7.64. The molecule has 2 aromatic rings. The van der Waals surface area contributed by atoms with E-state index in [9.17, 15) is 0 Å². The van der Waals surface area contributed by atoms with E-state index in [0.717, 1.165) is 18.9 Å². The van der Waals surface area contributed by atoms with E-state index in [1.54, 1.807) is 0 Å². The van der Waals surface area contributed by atoms with Gasteiger partial charge in [0.15, 0.2) is 0 Å². The molecule has 0 radical (unpaired) electrons. The second kappa shape index (κ2) is 7.13. The Hall–Kier alpha value is -1.88. The van der Waals surface area contributed by atoms with E-state index in [1.807, 2.05) is 19.4 Å². The quantitative estimate of drug-likeness (QED) is 0.920. The zero-order valence-electron chi connectivity index (χ0n) is 14.4. The molecule has 1 unspecified atom stereocenters. The molecule has 5 heteroatoms. The van der Waals surface area contributed by atoms with Crippen LogP contribution in [0.15, 0.2) is 30.6 Å². The summed E-state index contributed by atoms with van der Waals surface area (Å²) >= 11 is 0. The van der Waals surface area contributed by atoms with Gasteiger partial charge in [0.1, 0.15) is 5.82 Å². The minimum absolute atomic E-state index is 0.416.